The number of carbonyl (C=O) groups is 1. The van der Waals surface area contributed by atoms with E-state index in [-0.39, 0.29) is 12.2 Å². The summed E-state index contributed by atoms with van der Waals surface area (Å²) in [7, 11) is 0. The molecule has 6 heteroatoms. The maximum absolute atomic E-state index is 13.0. The number of nitrogens with one attached hydrogen (secondary N) is 1. The largest absolute Gasteiger partial charge is 0.370 e. The topological polar surface area (TPSA) is 68.0 Å². The fraction of sp³-hybridized carbons (Fsp3) is 0.333. The van der Waals surface area contributed by atoms with E-state index in [4.69, 9.17) is 5.73 Å². The molecule has 1 aromatic rings. The van der Waals surface area contributed by atoms with E-state index in [9.17, 15) is 13.6 Å². The van der Waals surface area contributed by atoms with E-state index in [1.54, 1.807) is 0 Å². The maximum atomic E-state index is 13.0. The Labute approximate surface area is 85.5 Å². The first-order valence-electron chi connectivity index (χ1n) is 4.43. The number of hydrogen-bond acceptors (Lipinski definition) is 3. The van der Waals surface area contributed by atoms with E-state index in [0.29, 0.717) is 13.0 Å². The number of halogens is 2. The second-order valence-corrected chi connectivity index (χ2v) is 2.98. The molecule has 1 amide bonds. The molecule has 3 N–H and O–H groups in total. The number of anilines is 1. The Morgan fingerprint density at radius 1 is 1.53 bits per heavy atom. The van der Waals surface area contributed by atoms with E-state index in [0.717, 1.165) is 12.3 Å². The van der Waals surface area contributed by atoms with Crippen LogP contribution in [0, 0.1) is 11.6 Å². The summed E-state index contributed by atoms with van der Waals surface area (Å²) in [4.78, 5) is 13.9. The highest BCUT2D eigenvalue weighted by Gasteiger charge is 2.04. The highest BCUT2D eigenvalue weighted by Crippen LogP contribution is 2.10. The van der Waals surface area contributed by atoms with Crippen LogP contribution >= 0.6 is 0 Å². The normalized spacial score (nSPS) is 10.0. The quantitative estimate of drug-likeness (QED) is 0.721. The summed E-state index contributed by atoms with van der Waals surface area (Å²) in [5, 5.41) is 2.63. The van der Waals surface area contributed by atoms with Gasteiger partial charge in [-0.1, -0.05) is 0 Å². The summed E-state index contributed by atoms with van der Waals surface area (Å²) < 4.78 is 25.4. The number of primary amides is 1. The predicted molar refractivity (Wildman–Crippen MR) is 51.1 cm³/mol. The fourth-order valence-corrected chi connectivity index (χ4v) is 1.01. The molecule has 4 nitrogen and oxygen atoms in total. The zero-order valence-corrected chi connectivity index (χ0v) is 7.96. The molecule has 0 spiro atoms. The third kappa shape index (κ3) is 3.88. The summed E-state index contributed by atoms with van der Waals surface area (Å²) in [5.74, 6) is -1.92. The zero-order chi connectivity index (χ0) is 11.3. The van der Waals surface area contributed by atoms with Crippen LogP contribution in [0.1, 0.15) is 12.8 Å². The molecule has 0 bridgehead atoms. The Bertz CT molecular complexity index is 357. The average Bonchev–Trinajstić information content (AvgIpc) is 2.14. The van der Waals surface area contributed by atoms with Crippen molar-refractivity contribution >= 4 is 11.7 Å². The van der Waals surface area contributed by atoms with Gasteiger partial charge in [-0.15, -0.1) is 0 Å². The fourth-order valence-electron chi connectivity index (χ4n) is 1.01. The van der Waals surface area contributed by atoms with E-state index in [1.807, 2.05) is 0 Å². The van der Waals surface area contributed by atoms with Crippen LogP contribution < -0.4 is 11.1 Å². The highest BCUT2D eigenvalue weighted by molar-refractivity contribution is 5.73. The van der Waals surface area contributed by atoms with Gasteiger partial charge in [0.15, 0.2) is 11.6 Å². The van der Waals surface area contributed by atoms with Crippen LogP contribution in [0.15, 0.2) is 12.3 Å². The molecule has 0 fully saturated rings. The van der Waals surface area contributed by atoms with Crippen LogP contribution in [-0.4, -0.2) is 17.4 Å². The van der Waals surface area contributed by atoms with E-state index in [2.05, 4.69) is 10.3 Å². The lowest BCUT2D eigenvalue weighted by molar-refractivity contribution is -0.118. The number of amides is 1. The lowest BCUT2D eigenvalue weighted by Crippen LogP contribution is -2.13. The Kier molecular flexibility index (Phi) is 3.96. The van der Waals surface area contributed by atoms with Gasteiger partial charge in [0.05, 0.1) is 6.20 Å². The molecule has 82 valence electrons. The van der Waals surface area contributed by atoms with Crippen LogP contribution in [0.5, 0.6) is 0 Å². The molecule has 0 atom stereocenters. The van der Waals surface area contributed by atoms with Crippen LogP contribution in [0.3, 0.4) is 0 Å². The van der Waals surface area contributed by atoms with Gasteiger partial charge in [0.2, 0.25) is 5.91 Å². The minimum atomic E-state index is -0.755. The van der Waals surface area contributed by atoms with Gasteiger partial charge in [0.1, 0.15) is 5.82 Å². The molecular formula is C9H11F2N3O. The van der Waals surface area contributed by atoms with Crippen molar-refractivity contribution in [1.29, 1.82) is 0 Å². The van der Waals surface area contributed by atoms with Crippen molar-refractivity contribution in [3.8, 4) is 0 Å². The van der Waals surface area contributed by atoms with Gasteiger partial charge in [-0.25, -0.2) is 13.8 Å². The Balaban J connectivity index is 2.40. The van der Waals surface area contributed by atoms with Crippen molar-refractivity contribution in [2.75, 3.05) is 11.9 Å². The van der Waals surface area contributed by atoms with E-state index >= 15 is 0 Å². The minimum absolute atomic E-state index is 0.0270. The van der Waals surface area contributed by atoms with Crippen molar-refractivity contribution < 1.29 is 13.6 Å². The SMILES string of the molecule is NC(=O)CCCNc1ncc(F)cc1F. The first-order chi connectivity index (χ1) is 7.09. The first-order valence-corrected chi connectivity index (χ1v) is 4.43. The molecule has 1 rings (SSSR count). The third-order valence-electron chi connectivity index (χ3n) is 1.70. The van der Waals surface area contributed by atoms with Crippen LogP contribution in [0.2, 0.25) is 0 Å². The molecule has 0 unspecified atom stereocenters. The van der Waals surface area contributed by atoms with Crippen LogP contribution in [0.25, 0.3) is 0 Å². The Morgan fingerprint density at radius 3 is 2.87 bits per heavy atom. The summed E-state index contributed by atoms with van der Waals surface area (Å²) in [5.41, 5.74) is 4.92. The number of aromatic nitrogens is 1. The molecule has 0 aliphatic rings. The molecular weight excluding hydrogens is 204 g/mol. The second kappa shape index (κ2) is 5.23. The molecule has 1 aromatic heterocycles. The standard InChI is InChI=1S/C9H11F2N3O/c10-6-4-7(11)9(14-5-6)13-3-1-2-8(12)15/h4-5H,1-3H2,(H2,12,15)(H,13,14). The number of hydrogen-bond donors (Lipinski definition) is 2. The van der Waals surface area contributed by atoms with Crippen LogP contribution in [-0.2, 0) is 4.79 Å². The van der Waals surface area contributed by atoms with Crippen molar-refractivity contribution in [3.63, 3.8) is 0 Å². The van der Waals surface area contributed by atoms with Gasteiger partial charge in [-0.2, -0.15) is 0 Å². The van der Waals surface area contributed by atoms with Crippen molar-refractivity contribution in [2.45, 2.75) is 12.8 Å². The van der Waals surface area contributed by atoms with Crippen LogP contribution in [0.4, 0.5) is 14.6 Å². The zero-order valence-electron chi connectivity index (χ0n) is 7.96. The summed E-state index contributed by atoms with van der Waals surface area (Å²) >= 11 is 0. The van der Waals surface area contributed by atoms with Crippen molar-refractivity contribution in [1.82, 2.24) is 4.98 Å². The van der Waals surface area contributed by atoms with Gasteiger partial charge >= 0.3 is 0 Å². The second-order valence-electron chi connectivity index (χ2n) is 2.98. The van der Waals surface area contributed by atoms with Gasteiger partial charge in [0, 0.05) is 19.0 Å². The third-order valence-corrected chi connectivity index (χ3v) is 1.70. The number of pyridine rings is 1. The van der Waals surface area contributed by atoms with Gasteiger partial charge in [-0.3, -0.25) is 4.79 Å². The monoisotopic (exact) mass is 215 g/mol. The summed E-state index contributed by atoms with van der Waals surface area (Å²) in [6.07, 6.45) is 1.61. The lowest BCUT2D eigenvalue weighted by Gasteiger charge is -2.05. The number of rotatable bonds is 5. The molecule has 15 heavy (non-hydrogen) atoms. The number of nitrogens with zero attached hydrogens (tertiary/aromatic N) is 1. The Morgan fingerprint density at radius 2 is 2.27 bits per heavy atom. The van der Waals surface area contributed by atoms with E-state index < -0.39 is 17.5 Å². The molecule has 0 saturated carbocycles. The highest BCUT2D eigenvalue weighted by atomic mass is 19.1. The molecule has 0 aromatic carbocycles. The van der Waals surface area contributed by atoms with Crippen molar-refractivity contribution in [2.24, 2.45) is 5.73 Å². The van der Waals surface area contributed by atoms with E-state index in [1.165, 1.54) is 0 Å². The summed E-state index contributed by atoms with van der Waals surface area (Å²) in [6.45, 7) is 0.360. The molecule has 1 heterocycles. The average molecular weight is 215 g/mol. The van der Waals surface area contributed by atoms with Gasteiger partial charge in [-0.05, 0) is 6.42 Å². The number of carbonyl (C=O) groups excluding carboxylic acids is 1. The summed E-state index contributed by atoms with van der Waals surface area (Å²) in [6, 6.07) is 0.740. The molecule has 0 radical (unpaired) electrons. The predicted octanol–water partition coefficient (Wildman–Crippen LogP) is 1.04. The first kappa shape index (κ1) is 11.4. The van der Waals surface area contributed by atoms with Crippen molar-refractivity contribution in [3.05, 3.63) is 23.9 Å². The van der Waals surface area contributed by atoms with Gasteiger partial charge in [0.25, 0.3) is 0 Å². The number of nitrogens with two attached hydrogens (primary N) is 1. The Hall–Kier alpha value is -1.72. The minimum Gasteiger partial charge on any atom is -0.370 e. The molecule has 0 aliphatic heterocycles. The maximum Gasteiger partial charge on any atom is 0.217 e. The van der Waals surface area contributed by atoms with Gasteiger partial charge < -0.3 is 11.1 Å². The smallest absolute Gasteiger partial charge is 0.217 e. The molecule has 0 aliphatic carbocycles. The lowest BCUT2D eigenvalue weighted by atomic mass is 10.3. The molecule has 0 saturated heterocycles.